The van der Waals surface area contributed by atoms with Crippen LogP contribution in [0.3, 0.4) is 0 Å². The van der Waals surface area contributed by atoms with E-state index in [-0.39, 0.29) is 5.70 Å². The first kappa shape index (κ1) is 14.8. The molecule has 2 aromatic rings. The van der Waals surface area contributed by atoms with Crippen molar-refractivity contribution in [3.05, 3.63) is 76.4 Å². The fourth-order valence-electron chi connectivity index (χ4n) is 1.66. The van der Waals surface area contributed by atoms with Gasteiger partial charge in [-0.05, 0) is 35.9 Å². The summed E-state index contributed by atoms with van der Waals surface area (Å²) in [4.78, 5) is 23.1. The molecule has 5 heteroatoms. The maximum Gasteiger partial charge on any atom is 0.255 e. The van der Waals surface area contributed by atoms with Crippen molar-refractivity contribution in [2.75, 3.05) is 0 Å². The average Bonchev–Trinajstić information content (AvgIpc) is 2.49. The van der Waals surface area contributed by atoms with Crippen molar-refractivity contribution in [1.82, 2.24) is 5.32 Å². The zero-order chi connectivity index (χ0) is 15.2. The highest BCUT2D eigenvalue weighted by molar-refractivity contribution is 6.30. The summed E-state index contributed by atoms with van der Waals surface area (Å²) in [6, 6.07) is 14.8. The Kier molecular flexibility index (Phi) is 4.74. The minimum atomic E-state index is -1.46. The SMILES string of the molecule is O=C([O-])/C(=C/c1ccc(Cl)cc1)NC(=O)c1ccccc1. The first-order valence-corrected chi connectivity index (χ1v) is 6.49. The number of aliphatic carboxylic acids is 1. The Morgan fingerprint density at radius 1 is 1.00 bits per heavy atom. The molecular formula is C16H11ClNO3-. The van der Waals surface area contributed by atoms with Gasteiger partial charge in [-0.1, -0.05) is 41.9 Å². The van der Waals surface area contributed by atoms with Crippen LogP contribution >= 0.6 is 11.6 Å². The van der Waals surface area contributed by atoms with Gasteiger partial charge in [0, 0.05) is 10.6 Å². The predicted octanol–water partition coefficient (Wildman–Crippen LogP) is 1.86. The molecule has 0 aliphatic carbocycles. The summed E-state index contributed by atoms with van der Waals surface area (Å²) in [6.07, 6.45) is 1.31. The summed E-state index contributed by atoms with van der Waals surface area (Å²) >= 11 is 5.76. The van der Waals surface area contributed by atoms with Crippen molar-refractivity contribution in [2.24, 2.45) is 0 Å². The van der Waals surface area contributed by atoms with Crippen LogP contribution in [0.1, 0.15) is 15.9 Å². The number of carbonyl (C=O) groups excluding carboxylic acids is 2. The standard InChI is InChI=1S/C16H12ClNO3/c17-13-8-6-11(7-9-13)10-14(16(20)21)18-15(19)12-4-2-1-3-5-12/h1-10H,(H,18,19)(H,20,21)/p-1/b14-10-. The Balaban J connectivity index is 2.22. The lowest BCUT2D eigenvalue weighted by molar-refractivity contribution is -0.299. The number of carboxylic acids is 1. The van der Waals surface area contributed by atoms with E-state index in [1.807, 2.05) is 0 Å². The van der Waals surface area contributed by atoms with E-state index in [1.54, 1.807) is 54.6 Å². The van der Waals surface area contributed by atoms with Crippen molar-refractivity contribution in [3.8, 4) is 0 Å². The molecule has 0 fully saturated rings. The monoisotopic (exact) mass is 300 g/mol. The molecule has 0 saturated heterocycles. The predicted molar refractivity (Wildman–Crippen MR) is 78.3 cm³/mol. The highest BCUT2D eigenvalue weighted by atomic mass is 35.5. The molecular weight excluding hydrogens is 290 g/mol. The lowest BCUT2D eigenvalue weighted by Gasteiger charge is -2.11. The summed E-state index contributed by atoms with van der Waals surface area (Å²) in [7, 11) is 0. The third kappa shape index (κ3) is 4.19. The van der Waals surface area contributed by atoms with Crippen LogP contribution in [0.15, 0.2) is 60.3 Å². The molecule has 0 spiro atoms. The van der Waals surface area contributed by atoms with E-state index in [9.17, 15) is 14.7 Å². The van der Waals surface area contributed by atoms with E-state index >= 15 is 0 Å². The molecule has 0 heterocycles. The second kappa shape index (κ2) is 6.72. The van der Waals surface area contributed by atoms with E-state index in [2.05, 4.69) is 5.32 Å². The molecule has 0 saturated carbocycles. The molecule has 2 aromatic carbocycles. The van der Waals surface area contributed by atoms with Gasteiger partial charge < -0.3 is 15.2 Å². The van der Waals surface area contributed by atoms with Gasteiger partial charge in [0.15, 0.2) is 0 Å². The van der Waals surface area contributed by atoms with E-state index in [4.69, 9.17) is 11.6 Å². The second-order valence-electron chi connectivity index (χ2n) is 4.22. The number of halogens is 1. The number of rotatable bonds is 4. The van der Waals surface area contributed by atoms with Crippen LogP contribution in [0.2, 0.25) is 5.02 Å². The van der Waals surface area contributed by atoms with Crippen molar-refractivity contribution < 1.29 is 14.7 Å². The van der Waals surface area contributed by atoms with E-state index in [1.165, 1.54) is 6.08 Å². The molecule has 21 heavy (non-hydrogen) atoms. The number of carbonyl (C=O) groups is 2. The fourth-order valence-corrected chi connectivity index (χ4v) is 1.78. The van der Waals surface area contributed by atoms with Crippen LogP contribution in [-0.2, 0) is 4.79 Å². The Morgan fingerprint density at radius 3 is 2.19 bits per heavy atom. The van der Waals surface area contributed by atoms with Crippen LogP contribution < -0.4 is 10.4 Å². The Bertz CT molecular complexity index is 678. The number of amides is 1. The maximum absolute atomic E-state index is 11.9. The van der Waals surface area contributed by atoms with Crippen LogP contribution in [-0.4, -0.2) is 11.9 Å². The van der Waals surface area contributed by atoms with Gasteiger partial charge in [0.25, 0.3) is 5.91 Å². The van der Waals surface area contributed by atoms with Gasteiger partial charge in [-0.15, -0.1) is 0 Å². The summed E-state index contributed by atoms with van der Waals surface area (Å²) in [5, 5.41) is 14.0. The van der Waals surface area contributed by atoms with Gasteiger partial charge in [-0.25, -0.2) is 0 Å². The third-order valence-corrected chi connectivity index (χ3v) is 2.94. The van der Waals surface area contributed by atoms with E-state index in [0.717, 1.165) is 0 Å². The Hall–Kier alpha value is -2.59. The normalized spacial score (nSPS) is 11.0. The molecule has 0 aliphatic heterocycles. The van der Waals surface area contributed by atoms with Gasteiger partial charge in [0.2, 0.25) is 0 Å². The van der Waals surface area contributed by atoms with Gasteiger partial charge in [-0.2, -0.15) is 0 Å². The molecule has 0 aliphatic rings. The molecule has 0 bridgehead atoms. The smallest absolute Gasteiger partial charge is 0.255 e. The molecule has 1 N–H and O–H groups in total. The lowest BCUT2D eigenvalue weighted by Crippen LogP contribution is -2.35. The Labute approximate surface area is 126 Å². The van der Waals surface area contributed by atoms with Crippen molar-refractivity contribution in [2.45, 2.75) is 0 Å². The quantitative estimate of drug-likeness (QED) is 0.876. The third-order valence-electron chi connectivity index (χ3n) is 2.69. The highest BCUT2D eigenvalue weighted by Crippen LogP contribution is 2.12. The summed E-state index contributed by atoms with van der Waals surface area (Å²) < 4.78 is 0. The number of carboxylic acid groups (broad SMARTS) is 1. The molecule has 0 radical (unpaired) electrons. The first-order valence-electron chi connectivity index (χ1n) is 6.11. The molecule has 2 rings (SSSR count). The minimum absolute atomic E-state index is 0.314. The van der Waals surface area contributed by atoms with Crippen molar-refractivity contribution in [3.63, 3.8) is 0 Å². The van der Waals surface area contributed by atoms with Gasteiger partial charge >= 0.3 is 0 Å². The van der Waals surface area contributed by atoms with Gasteiger partial charge in [0.1, 0.15) is 0 Å². The average molecular weight is 301 g/mol. The number of hydrogen-bond acceptors (Lipinski definition) is 3. The van der Waals surface area contributed by atoms with Gasteiger partial charge in [0.05, 0.1) is 11.7 Å². The second-order valence-corrected chi connectivity index (χ2v) is 4.65. The molecule has 4 nitrogen and oxygen atoms in total. The number of hydrogen-bond donors (Lipinski definition) is 1. The fraction of sp³-hybridized carbons (Fsp3) is 0. The van der Waals surface area contributed by atoms with Crippen LogP contribution in [0.25, 0.3) is 6.08 Å². The summed E-state index contributed by atoms with van der Waals surface area (Å²) in [5.74, 6) is -1.98. The first-order chi connectivity index (χ1) is 10.1. The molecule has 0 aromatic heterocycles. The van der Waals surface area contributed by atoms with Crippen LogP contribution in [0.5, 0.6) is 0 Å². The number of nitrogens with one attached hydrogen (secondary N) is 1. The van der Waals surface area contributed by atoms with Crippen LogP contribution in [0, 0.1) is 0 Å². The van der Waals surface area contributed by atoms with Crippen molar-refractivity contribution in [1.29, 1.82) is 0 Å². The molecule has 1 amide bonds. The summed E-state index contributed by atoms with van der Waals surface area (Å²) in [6.45, 7) is 0. The molecule has 0 unspecified atom stereocenters. The zero-order valence-electron chi connectivity index (χ0n) is 10.9. The number of benzene rings is 2. The zero-order valence-corrected chi connectivity index (χ0v) is 11.6. The summed E-state index contributed by atoms with van der Waals surface area (Å²) in [5.41, 5.74) is 0.638. The minimum Gasteiger partial charge on any atom is -0.543 e. The topological polar surface area (TPSA) is 69.2 Å². The van der Waals surface area contributed by atoms with E-state index < -0.39 is 11.9 Å². The molecule has 106 valence electrons. The maximum atomic E-state index is 11.9. The largest absolute Gasteiger partial charge is 0.543 e. The van der Waals surface area contributed by atoms with E-state index in [0.29, 0.717) is 16.1 Å². The van der Waals surface area contributed by atoms with Crippen molar-refractivity contribution >= 4 is 29.6 Å². The van der Waals surface area contributed by atoms with Crippen LogP contribution in [0.4, 0.5) is 0 Å². The van der Waals surface area contributed by atoms with Gasteiger partial charge in [-0.3, -0.25) is 4.79 Å². The molecule has 0 atom stereocenters. The lowest BCUT2D eigenvalue weighted by atomic mass is 10.1. The Morgan fingerprint density at radius 2 is 1.62 bits per heavy atom. The highest BCUT2D eigenvalue weighted by Gasteiger charge is 2.08.